The predicted octanol–water partition coefficient (Wildman–Crippen LogP) is 3.41. The lowest BCUT2D eigenvalue weighted by Gasteiger charge is -2.35. The summed E-state index contributed by atoms with van der Waals surface area (Å²) in [4.78, 5) is 8.55. The summed E-state index contributed by atoms with van der Waals surface area (Å²) in [7, 11) is -1.77. The second kappa shape index (κ2) is 4.95. The number of aromatic nitrogens is 4. The highest BCUT2D eigenvalue weighted by Crippen LogP contribution is 2.36. The number of fused-ring (bicyclic) bond motifs is 1. The van der Waals surface area contributed by atoms with Crippen LogP contribution in [0.5, 0.6) is 0 Å². The zero-order valence-corrected chi connectivity index (χ0v) is 14.5. The van der Waals surface area contributed by atoms with Crippen LogP contribution in [-0.4, -0.2) is 27.9 Å². The molecule has 2 aromatic rings. The van der Waals surface area contributed by atoms with Crippen molar-refractivity contribution in [3.63, 3.8) is 0 Å². The Labute approximate surface area is 122 Å². The molecule has 0 saturated carbocycles. The van der Waals surface area contributed by atoms with E-state index in [0.29, 0.717) is 18.2 Å². The average molecular weight is 343 g/mol. The largest absolute Gasteiger partial charge is 0.409 e. The molecule has 0 aromatic carbocycles. The molecule has 2 heterocycles. The van der Waals surface area contributed by atoms with Crippen LogP contribution >= 0.6 is 15.9 Å². The van der Waals surface area contributed by atoms with Gasteiger partial charge in [-0.3, -0.25) is 0 Å². The zero-order valence-electron chi connectivity index (χ0n) is 11.9. The summed E-state index contributed by atoms with van der Waals surface area (Å²) in [5, 5.41) is 4.56. The van der Waals surface area contributed by atoms with Crippen molar-refractivity contribution >= 4 is 30.0 Å². The maximum absolute atomic E-state index is 6.10. The molecular formula is C12H19BrN4OSi. The summed E-state index contributed by atoms with van der Waals surface area (Å²) in [5.74, 6) is 1.27. The van der Waals surface area contributed by atoms with Gasteiger partial charge in [0.15, 0.2) is 14.1 Å². The predicted molar refractivity (Wildman–Crippen MR) is 80.5 cm³/mol. The summed E-state index contributed by atoms with van der Waals surface area (Å²) in [6.07, 6.45) is 3.55. The van der Waals surface area contributed by atoms with Crippen LogP contribution in [-0.2, 0) is 11.0 Å². The molecule has 0 saturated heterocycles. The van der Waals surface area contributed by atoms with Gasteiger partial charge in [0, 0.05) is 12.4 Å². The van der Waals surface area contributed by atoms with Crippen LogP contribution in [0.15, 0.2) is 16.9 Å². The third-order valence-corrected chi connectivity index (χ3v) is 8.46. The van der Waals surface area contributed by atoms with Gasteiger partial charge in [-0.15, -0.1) is 5.10 Å². The smallest absolute Gasteiger partial charge is 0.252 e. The highest BCUT2D eigenvalue weighted by Gasteiger charge is 2.37. The minimum Gasteiger partial charge on any atom is -0.409 e. The first-order chi connectivity index (χ1) is 8.69. The third kappa shape index (κ3) is 3.21. The highest BCUT2D eigenvalue weighted by molar-refractivity contribution is 9.10. The van der Waals surface area contributed by atoms with Gasteiger partial charge in [0.2, 0.25) is 0 Å². The van der Waals surface area contributed by atoms with Crippen LogP contribution in [0, 0.1) is 0 Å². The standard InChI is InChI=1S/C12H19BrN4OSi/c1-12(2,3)19(4,5)18-8-10-15-11-14-6-9(13)7-17(11)16-10/h6-7H,8H2,1-5H3. The molecule has 0 radical (unpaired) electrons. The lowest BCUT2D eigenvalue weighted by Crippen LogP contribution is -2.40. The second-order valence-corrected chi connectivity index (χ2v) is 11.8. The molecule has 0 bridgehead atoms. The van der Waals surface area contributed by atoms with E-state index in [0.717, 1.165) is 4.47 Å². The molecule has 0 N–H and O–H groups in total. The number of hydrogen-bond donors (Lipinski definition) is 0. The molecule has 2 aromatic heterocycles. The van der Waals surface area contributed by atoms with Gasteiger partial charge in [-0.25, -0.2) is 9.50 Å². The Morgan fingerprint density at radius 3 is 2.68 bits per heavy atom. The van der Waals surface area contributed by atoms with Gasteiger partial charge in [0.1, 0.15) is 0 Å². The number of hydrogen-bond acceptors (Lipinski definition) is 4. The Balaban J connectivity index is 2.14. The van der Waals surface area contributed by atoms with Crippen LogP contribution in [0.1, 0.15) is 26.6 Å². The van der Waals surface area contributed by atoms with Gasteiger partial charge >= 0.3 is 0 Å². The first-order valence-corrected chi connectivity index (χ1v) is 9.90. The van der Waals surface area contributed by atoms with Crippen molar-refractivity contribution in [1.29, 1.82) is 0 Å². The van der Waals surface area contributed by atoms with Gasteiger partial charge in [-0.1, -0.05) is 20.8 Å². The van der Waals surface area contributed by atoms with E-state index in [9.17, 15) is 0 Å². The van der Waals surface area contributed by atoms with Crippen molar-refractivity contribution in [3.05, 3.63) is 22.7 Å². The Bertz CT molecular complexity index is 591. The van der Waals surface area contributed by atoms with E-state index in [1.165, 1.54) is 0 Å². The maximum Gasteiger partial charge on any atom is 0.252 e. The number of nitrogens with zero attached hydrogens (tertiary/aromatic N) is 4. The molecular weight excluding hydrogens is 324 g/mol. The van der Waals surface area contributed by atoms with Crippen LogP contribution in [0.3, 0.4) is 0 Å². The van der Waals surface area contributed by atoms with Crippen LogP contribution < -0.4 is 0 Å². The van der Waals surface area contributed by atoms with E-state index in [-0.39, 0.29) is 5.04 Å². The lowest BCUT2D eigenvalue weighted by atomic mass is 10.2. The fourth-order valence-corrected chi connectivity index (χ4v) is 2.54. The summed E-state index contributed by atoms with van der Waals surface area (Å²) >= 11 is 3.36. The van der Waals surface area contributed by atoms with Crippen molar-refractivity contribution in [2.45, 2.75) is 45.5 Å². The SMILES string of the molecule is CC(C)(C)[Si](C)(C)OCc1nc2ncc(Br)cn2n1. The third-order valence-electron chi connectivity index (χ3n) is 3.57. The second-order valence-electron chi connectivity index (χ2n) is 6.09. The monoisotopic (exact) mass is 342 g/mol. The van der Waals surface area contributed by atoms with E-state index < -0.39 is 8.32 Å². The summed E-state index contributed by atoms with van der Waals surface area (Å²) in [6.45, 7) is 11.5. The fourth-order valence-electron chi connectivity index (χ4n) is 1.32. The molecule has 0 aliphatic rings. The van der Waals surface area contributed by atoms with Gasteiger partial charge in [0.25, 0.3) is 5.78 Å². The molecule has 0 atom stereocenters. The normalized spacial score (nSPS) is 13.2. The van der Waals surface area contributed by atoms with E-state index in [2.05, 4.69) is 64.9 Å². The molecule has 5 nitrogen and oxygen atoms in total. The van der Waals surface area contributed by atoms with Gasteiger partial charge < -0.3 is 4.43 Å². The average Bonchev–Trinajstić information content (AvgIpc) is 2.67. The van der Waals surface area contributed by atoms with Crippen molar-refractivity contribution in [2.24, 2.45) is 0 Å². The molecule has 0 spiro atoms. The van der Waals surface area contributed by atoms with Gasteiger partial charge in [-0.2, -0.15) is 4.98 Å². The van der Waals surface area contributed by atoms with Gasteiger partial charge in [-0.05, 0) is 34.1 Å². The Kier molecular flexibility index (Phi) is 3.81. The minimum atomic E-state index is -1.77. The Morgan fingerprint density at radius 1 is 1.37 bits per heavy atom. The Hall–Kier alpha value is -0.793. The van der Waals surface area contributed by atoms with Gasteiger partial charge in [0.05, 0.1) is 11.1 Å². The highest BCUT2D eigenvalue weighted by atomic mass is 79.9. The topological polar surface area (TPSA) is 52.3 Å². The van der Waals surface area contributed by atoms with Crippen LogP contribution in [0.2, 0.25) is 18.1 Å². The molecule has 0 unspecified atom stereocenters. The molecule has 0 amide bonds. The lowest BCUT2D eigenvalue weighted by molar-refractivity contribution is 0.267. The van der Waals surface area contributed by atoms with Crippen molar-refractivity contribution in [3.8, 4) is 0 Å². The number of halogens is 1. The first kappa shape index (κ1) is 14.6. The summed E-state index contributed by atoms with van der Waals surface area (Å²) < 4.78 is 8.64. The summed E-state index contributed by atoms with van der Waals surface area (Å²) in [5.41, 5.74) is 0. The molecule has 0 fully saturated rings. The van der Waals surface area contributed by atoms with Crippen LogP contribution in [0.25, 0.3) is 5.78 Å². The molecule has 2 rings (SSSR count). The van der Waals surface area contributed by atoms with Crippen molar-refractivity contribution < 1.29 is 4.43 Å². The van der Waals surface area contributed by atoms with E-state index in [1.54, 1.807) is 10.7 Å². The van der Waals surface area contributed by atoms with E-state index >= 15 is 0 Å². The number of rotatable bonds is 3. The van der Waals surface area contributed by atoms with Crippen LogP contribution in [0.4, 0.5) is 0 Å². The quantitative estimate of drug-likeness (QED) is 0.802. The Morgan fingerprint density at radius 2 is 2.05 bits per heavy atom. The van der Waals surface area contributed by atoms with E-state index in [1.807, 2.05) is 6.20 Å². The first-order valence-electron chi connectivity index (χ1n) is 6.20. The molecule has 0 aliphatic carbocycles. The maximum atomic E-state index is 6.10. The zero-order chi connectivity index (χ0) is 14.3. The molecule has 104 valence electrons. The summed E-state index contributed by atoms with van der Waals surface area (Å²) in [6, 6.07) is 0. The van der Waals surface area contributed by atoms with Crippen molar-refractivity contribution in [2.75, 3.05) is 0 Å². The molecule has 19 heavy (non-hydrogen) atoms. The fraction of sp³-hybridized carbons (Fsp3) is 0.583. The van der Waals surface area contributed by atoms with E-state index in [4.69, 9.17) is 4.43 Å². The molecule has 0 aliphatic heterocycles. The van der Waals surface area contributed by atoms with Crippen molar-refractivity contribution in [1.82, 2.24) is 19.6 Å². The molecule has 7 heteroatoms. The minimum absolute atomic E-state index is 0.188.